The molecule has 1 aromatic carbocycles. The molecule has 102 valence electrons. The number of aliphatic hydroxyl groups is 1. The highest BCUT2D eigenvalue weighted by molar-refractivity contribution is 7.16. The number of halogens is 3. The molecule has 0 spiro atoms. The summed E-state index contributed by atoms with van der Waals surface area (Å²) in [6.45, 7) is -1.11. The average Bonchev–Trinajstić information content (AvgIpc) is 2.69. The Labute approximate surface area is 118 Å². The van der Waals surface area contributed by atoms with Crippen LogP contribution in [-0.4, -0.2) is 11.7 Å². The van der Waals surface area contributed by atoms with Gasteiger partial charge in [0.25, 0.3) is 0 Å². The third-order valence-electron chi connectivity index (χ3n) is 2.58. The fourth-order valence-electron chi connectivity index (χ4n) is 1.68. The SMILES string of the molecule is Cc1cc(C(O)c2ccccc2OC(F)F)sc1Cl. The van der Waals surface area contributed by atoms with Gasteiger partial charge in [-0.2, -0.15) is 8.78 Å². The van der Waals surface area contributed by atoms with Gasteiger partial charge in [-0.25, -0.2) is 0 Å². The minimum atomic E-state index is -2.93. The van der Waals surface area contributed by atoms with E-state index >= 15 is 0 Å². The number of benzene rings is 1. The minimum Gasteiger partial charge on any atom is -0.434 e. The van der Waals surface area contributed by atoms with Crippen LogP contribution in [0.4, 0.5) is 8.78 Å². The summed E-state index contributed by atoms with van der Waals surface area (Å²) in [7, 11) is 0. The van der Waals surface area contributed by atoms with E-state index in [9.17, 15) is 13.9 Å². The normalized spacial score (nSPS) is 12.7. The van der Waals surface area contributed by atoms with Crippen molar-refractivity contribution < 1.29 is 18.6 Å². The van der Waals surface area contributed by atoms with Crippen LogP contribution in [0.3, 0.4) is 0 Å². The van der Waals surface area contributed by atoms with Crippen LogP contribution >= 0.6 is 22.9 Å². The Morgan fingerprint density at radius 1 is 1.32 bits per heavy atom. The quantitative estimate of drug-likeness (QED) is 0.907. The maximum Gasteiger partial charge on any atom is 0.387 e. The standard InChI is InChI=1S/C13H11ClF2O2S/c1-7-6-10(19-12(7)14)11(17)8-4-2-3-5-9(8)18-13(15)16/h2-6,11,13,17H,1H3. The molecule has 0 bridgehead atoms. The summed E-state index contributed by atoms with van der Waals surface area (Å²) < 4.78 is 29.6. The summed E-state index contributed by atoms with van der Waals surface area (Å²) >= 11 is 7.16. The number of hydrogen-bond donors (Lipinski definition) is 1. The van der Waals surface area contributed by atoms with Gasteiger partial charge in [-0.15, -0.1) is 11.3 Å². The monoisotopic (exact) mass is 304 g/mol. The first-order valence-corrected chi connectivity index (χ1v) is 6.66. The van der Waals surface area contributed by atoms with Crippen molar-refractivity contribution in [3.8, 4) is 5.75 Å². The Morgan fingerprint density at radius 3 is 2.58 bits per heavy atom. The van der Waals surface area contributed by atoms with E-state index in [1.807, 2.05) is 6.92 Å². The molecule has 1 unspecified atom stereocenters. The summed E-state index contributed by atoms with van der Waals surface area (Å²) in [5.74, 6) is -0.0350. The Balaban J connectivity index is 2.35. The van der Waals surface area contributed by atoms with Crippen LogP contribution in [0.2, 0.25) is 4.34 Å². The third-order valence-corrected chi connectivity index (χ3v) is 4.18. The summed E-state index contributed by atoms with van der Waals surface area (Å²) in [5.41, 5.74) is 1.13. The molecule has 1 heterocycles. The molecule has 0 fully saturated rings. The number of para-hydroxylation sites is 1. The third kappa shape index (κ3) is 3.23. The van der Waals surface area contributed by atoms with Crippen LogP contribution in [0.1, 0.15) is 22.1 Å². The van der Waals surface area contributed by atoms with Crippen LogP contribution < -0.4 is 4.74 Å². The first kappa shape index (κ1) is 14.2. The first-order chi connectivity index (χ1) is 8.99. The van der Waals surface area contributed by atoms with Gasteiger partial charge < -0.3 is 9.84 Å². The molecule has 0 aliphatic carbocycles. The maximum atomic E-state index is 12.3. The van der Waals surface area contributed by atoms with Crippen LogP contribution in [0, 0.1) is 6.92 Å². The topological polar surface area (TPSA) is 29.5 Å². The molecule has 19 heavy (non-hydrogen) atoms. The zero-order chi connectivity index (χ0) is 14.0. The number of hydrogen-bond acceptors (Lipinski definition) is 3. The summed E-state index contributed by atoms with van der Waals surface area (Å²) in [4.78, 5) is 0.591. The van der Waals surface area contributed by atoms with Gasteiger partial charge in [-0.3, -0.25) is 0 Å². The molecule has 0 saturated heterocycles. The Morgan fingerprint density at radius 2 is 2.00 bits per heavy atom. The van der Waals surface area contributed by atoms with Crippen molar-refractivity contribution in [1.29, 1.82) is 0 Å². The first-order valence-electron chi connectivity index (χ1n) is 5.46. The van der Waals surface area contributed by atoms with E-state index < -0.39 is 12.7 Å². The lowest BCUT2D eigenvalue weighted by Crippen LogP contribution is -2.07. The number of alkyl halides is 2. The Bertz CT molecular complexity index is 552. The highest BCUT2D eigenvalue weighted by Crippen LogP contribution is 2.37. The van der Waals surface area contributed by atoms with E-state index in [4.69, 9.17) is 11.6 Å². The molecule has 0 saturated carbocycles. The molecular weight excluding hydrogens is 294 g/mol. The van der Waals surface area contributed by atoms with Crippen molar-refractivity contribution in [3.05, 3.63) is 50.7 Å². The van der Waals surface area contributed by atoms with E-state index in [0.717, 1.165) is 5.56 Å². The molecule has 0 radical (unpaired) electrons. The van der Waals surface area contributed by atoms with Crippen molar-refractivity contribution in [2.24, 2.45) is 0 Å². The van der Waals surface area contributed by atoms with Crippen molar-refractivity contribution in [2.45, 2.75) is 19.6 Å². The summed E-state index contributed by atoms with van der Waals surface area (Å²) in [6, 6.07) is 7.90. The van der Waals surface area contributed by atoms with Crippen LogP contribution in [0.5, 0.6) is 5.75 Å². The van der Waals surface area contributed by atoms with Gasteiger partial charge in [-0.05, 0) is 24.6 Å². The highest BCUT2D eigenvalue weighted by atomic mass is 35.5. The smallest absolute Gasteiger partial charge is 0.387 e. The van der Waals surface area contributed by atoms with Crippen LogP contribution in [0.25, 0.3) is 0 Å². The molecule has 0 aliphatic heterocycles. The molecule has 6 heteroatoms. The van der Waals surface area contributed by atoms with Gasteiger partial charge in [0.2, 0.25) is 0 Å². The molecular formula is C13H11ClF2O2S. The Kier molecular flexibility index (Phi) is 4.39. The molecule has 2 aromatic rings. The highest BCUT2D eigenvalue weighted by Gasteiger charge is 2.20. The molecule has 0 amide bonds. The largest absolute Gasteiger partial charge is 0.434 e. The lowest BCUT2D eigenvalue weighted by Gasteiger charge is -2.14. The molecule has 2 nitrogen and oxygen atoms in total. The predicted molar refractivity (Wildman–Crippen MR) is 71.2 cm³/mol. The number of rotatable bonds is 4. The number of thiophene rings is 1. The second-order valence-corrected chi connectivity index (χ2v) is 5.61. The van der Waals surface area contributed by atoms with E-state index in [-0.39, 0.29) is 5.75 Å². The molecule has 1 atom stereocenters. The molecule has 1 aromatic heterocycles. The van der Waals surface area contributed by atoms with E-state index in [1.165, 1.54) is 17.4 Å². The number of ether oxygens (including phenoxy) is 1. The van der Waals surface area contributed by atoms with Crippen molar-refractivity contribution in [2.75, 3.05) is 0 Å². The summed E-state index contributed by atoms with van der Waals surface area (Å²) in [6.07, 6.45) is -1.04. The lowest BCUT2D eigenvalue weighted by atomic mass is 10.1. The zero-order valence-corrected chi connectivity index (χ0v) is 11.5. The minimum absolute atomic E-state index is 0.0350. The van der Waals surface area contributed by atoms with E-state index in [1.54, 1.807) is 24.3 Å². The van der Waals surface area contributed by atoms with Gasteiger partial charge >= 0.3 is 6.61 Å². The fourth-order valence-corrected chi connectivity index (χ4v) is 2.90. The Hall–Kier alpha value is -1.17. The maximum absolute atomic E-state index is 12.3. The second-order valence-electron chi connectivity index (χ2n) is 3.92. The van der Waals surface area contributed by atoms with Gasteiger partial charge in [0, 0.05) is 10.4 Å². The van der Waals surface area contributed by atoms with Crippen molar-refractivity contribution in [3.63, 3.8) is 0 Å². The van der Waals surface area contributed by atoms with Gasteiger partial charge in [0.05, 0.1) is 4.34 Å². The van der Waals surface area contributed by atoms with Crippen molar-refractivity contribution >= 4 is 22.9 Å². The van der Waals surface area contributed by atoms with Gasteiger partial charge in [0.15, 0.2) is 0 Å². The average molecular weight is 305 g/mol. The van der Waals surface area contributed by atoms with Crippen LogP contribution in [0.15, 0.2) is 30.3 Å². The van der Waals surface area contributed by atoms with Crippen LogP contribution in [-0.2, 0) is 0 Å². The molecule has 2 rings (SSSR count). The molecule has 1 N–H and O–H groups in total. The van der Waals surface area contributed by atoms with Crippen molar-refractivity contribution in [1.82, 2.24) is 0 Å². The fraction of sp³-hybridized carbons (Fsp3) is 0.231. The van der Waals surface area contributed by atoms with Gasteiger partial charge in [0.1, 0.15) is 11.9 Å². The number of aliphatic hydroxyl groups excluding tert-OH is 1. The summed E-state index contributed by atoms with van der Waals surface area (Å²) in [5, 5.41) is 10.3. The predicted octanol–water partition coefficient (Wildman–Crippen LogP) is 4.39. The molecule has 0 aliphatic rings. The van der Waals surface area contributed by atoms with E-state index in [2.05, 4.69) is 4.74 Å². The number of aryl methyl sites for hydroxylation is 1. The lowest BCUT2D eigenvalue weighted by molar-refractivity contribution is -0.0512. The zero-order valence-electron chi connectivity index (χ0n) is 9.94. The van der Waals surface area contributed by atoms with Gasteiger partial charge in [-0.1, -0.05) is 29.8 Å². The van der Waals surface area contributed by atoms with E-state index in [0.29, 0.717) is 14.8 Å². The second kappa shape index (κ2) is 5.86.